The van der Waals surface area contributed by atoms with Crippen molar-refractivity contribution < 1.29 is 24.3 Å². The average molecular weight is 248 g/mol. The van der Waals surface area contributed by atoms with Crippen LogP contribution >= 0.6 is 7.82 Å². The van der Waals surface area contributed by atoms with E-state index in [4.69, 9.17) is 15.0 Å². The second-order valence-corrected chi connectivity index (χ2v) is 1.72. The third kappa shape index (κ3) is 11.6. The Morgan fingerprint density at radius 3 is 1.57 bits per heavy atom. The molecular weight excluding hydrogens is 244 g/mol. The predicted molar refractivity (Wildman–Crippen MR) is 22.9 cm³/mol. The van der Waals surface area contributed by atoms with Crippen molar-refractivity contribution in [2.75, 3.05) is 0 Å². The van der Waals surface area contributed by atoms with Gasteiger partial charge in [0.1, 0.15) is 0 Å². The summed E-state index contributed by atoms with van der Waals surface area (Å²) >= 11 is 0. The van der Waals surface area contributed by atoms with Gasteiger partial charge in [-0.2, -0.15) is 0 Å². The van der Waals surface area contributed by atoms with E-state index in [1.807, 2.05) is 0 Å². The molecule has 3 N–H and O–H groups in total. The molecule has 0 rings (SSSR count). The van der Waals surface area contributed by atoms with E-state index in [9.17, 15) is 4.57 Å². The molecule has 0 aromatic rings. The zero-order valence-corrected chi connectivity index (χ0v) is 3.50. The molecule has 0 bridgehead atoms. The molecule has 7 heavy (non-hydrogen) atoms. The predicted octanol–water partition coefficient (Wildman–Crippen LogP) is -1.08. The van der Waals surface area contributed by atoms with E-state index in [1.165, 1.54) is 0 Å². The molecule has 40 valence electrons. The molecule has 0 aromatic heterocycles. The van der Waals surface area contributed by atoms with Crippen LogP contribution in [0.15, 0.2) is 0 Å². The standard InChI is InChI=1S/Cs.H3O5P.H/c;1-5-6(2,3)4;/h;1H,(H2,2,3,4);. The van der Waals surface area contributed by atoms with Gasteiger partial charge in [-0.25, -0.2) is 9.82 Å². The molecule has 0 aliphatic carbocycles. The number of hydrogen-bond acceptors (Lipinski definition) is 3. The van der Waals surface area contributed by atoms with Gasteiger partial charge in [0.05, 0.1) is 0 Å². The first-order valence-electron chi connectivity index (χ1n) is 0.948. The van der Waals surface area contributed by atoms with Gasteiger partial charge in [-0.15, -0.1) is 4.67 Å². The Bertz CT molecular complexity index is 72.1. The fourth-order valence-corrected chi connectivity index (χ4v) is 0. The fraction of sp³-hybridized carbons (Fsp3) is 0. The summed E-state index contributed by atoms with van der Waals surface area (Å²) in [6.45, 7) is 0. The van der Waals surface area contributed by atoms with Crippen LogP contribution in [-0.4, -0.2) is 83.9 Å². The van der Waals surface area contributed by atoms with Gasteiger partial charge in [-0.3, -0.25) is 0 Å². The second kappa shape index (κ2) is 4.95. The van der Waals surface area contributed by atoms with Gasteiger partial charge in [0.25, 0.3) is 0 Å². The van der Waals surface area contributed by atoms with Gasteiger partial charge in [0, 0.05) is 0 Å². The van der Waals surface area contributed by atoms with Crippen molar-refractivity contribution in [2.45, 2.75) is 0 Å². The van der Waals surface area contributed by atoms with Crippen LogP contribution in [0.1, 0.15) is 0 Å². The van der Waals surface area contributed by atoms with Crippen LogP contribution in [0, 0.1) is 0 Å². The zero-order chi connectivity index (χ0) is 5.21. The molecule has 0 saturated carbocycles. The Balaban J connectivity index is 0. The zero-order valence-electron chi connectivity index (χ0n) is 2.61. The first kappa shape index (κ1) is 11.9. The van der Waals surface area contributed by atoms with Crippen LogP contribution in [0.5, 0.6) is 0 Å². The first-order chi connectivity index (χ1) is 2.56. The van der Waals surface area contributed by atoms with Crippen molar-refractivity contribution in [1.29, 1.82) is 0 Å². The summed E-state index contributed by atoms with van der Waals surface area (Å²) in [6, 6.07) is 0. The van der Waals surface area contributed by atoms with E-state index in [-0.39, 0.29) is 68.9 Å². The van der Waals surface area contributed by atoms with Crippen LogP contribution in [0.3, 0.4) is 0 Å². The first-order valence-corrected chi connectivity index (χ1v) is 2.48. The minimum absolute atomic E-state index is 0. The molecule has 0 saturated heterocycles. The molecule has 0 aliphatic rings. The Kier molecular flexibility index (Phi) is 8.39. The monoisotopic (exact) mass is 248 g/mol. The van der Waals surface area contributed by atoms with E-state index >= 15 is 0 Å². The Hall–Kier alpha value is 2.12. The third-order valence-corrected chi connectivity index (χ3v) is 0.319. The van der Waals surface area contributed by atoms with E-state index < -0.39 is 7.82 Å². The molecular formula is H4CsO5P. The number of rotatable bonds is 1. The Labute approximate surface area is 98.7 Å². The summed E-state index contributed by atoms with van der Waals surface area (Å²) in [6.07, 6.45) is 0. The number of hydrogen-bond donors (Lipinski definition) is 3. The van der Waals surface area contributed by atoms with Crippen molar-refractivity contribution in [3.05, 3.63) is 0 Å². The summed E-state index contributed by atoms with van der Waals surface area (Å²) in [7, 11) is -4.59. The van der Waals surface area contributed by atoms with Crippen molar-refractivity contribution in [2.24, 2.45) is 0 Å². The molecule has 0 unspecified atom stereocenters. The maximum atomic E-state index is 9.22. The summed E-state index contributed by atoms with van der Waals surface area (Å²) < 4.78 is 11.8. The quantitative estimate of drug-likeness (QED) is 0.312. The molecule has 0 atom stereocenters. The van der Waals surface area contributed by atoms with Crippen molar-refractivity contribution >= 4 is 76.7 Å². The Morgan fingerprint density at radius 2 is 1.57 bits per heavy atom. The minimum atomic E-state index is -4.59. The topological polar surface area (TPSA) is 87.0 Å². The van der Waals surface area contributed by atoms with E-state index in [0.29, 0.717) is 0 Å². The van der Waals surface area contributed by atoms with E-state index in [0.717, 1.165) is 0 Å². The van der Waals surface area contributed by atoms with Gasteiger partial charge in [0.2, 0.25) is 0 Å². The number of phosphoric acid groups is 1. The third-order valence-electron chi connectivity index (χ3n) is 0.106. The second-order valence-electron chi connectivity index (χ2n) is 0.572. The summed E-state index contributed by atoms with van der Waals surface area (Å²) in [5.41, 5.74) is 0. The van der Waals surface area contributed by atoms with Crippen LogP contribution in [0.4, 0.5) is 0 Å². The molecule has 0 aromatic carbocycles. The van der Waals surface area contributed by atoms with Crippen LogP contribution in [0.25, 0.3) is 0 Å². The fourth-order valence-electron chi connectivity index (χ4n) is 0. The Morgan fingerprint density at radius 1 is 1.43 bits per heavy atom. The van der Waals surface area contributed by atoms with E-state index in [2.05, 4.69) is 4.67 Å². The summed E-state index contributed by atoms with van der Waals surface area (Å²) in [4.78, 5) is 14.9. The van der Waals surface area contributed by atoms with Crippen LogP contribution in [-0.2, 0) is 9.24 Å². The molecule has 0 amide bonds. The van der Waals surface area contributed by atoms with Crippen molar-refractivity contribution in [3.63, 3.8) is 0 Å². The summed E-state index contributed by atoms with van der Waals surface area (Å²) in [5.74, 6) is 0. The molecule has 5 nitrogen and oxygen atoms in total. The molecule has 0 aliphatic heterocycles. The normalized spacial score (nSPS) is 10.1. The molecule has 0 spiro atoms. The average Bonchev–Trinajstić information content (AvgIpc) is 1.35. The van der Waals surface area contributed by atoms with Gasteiger partial charge >= 0.3 is 76.7 Å². The van der Waals surface area contributed by atoms with Crippen LogP contribution < -0.4 is 0 Å². The maximum absolute atomic E-state index is 9.22. The molecule has 0 heterocycles. The van der Waals surface area contributed by atoms with Crippen molar-refractivity contribution in [3.8, 4) is 0 Å². The molecule has 0 radical (unpaired) electrons. The van der Waals surface area contributed by atoms with Crippen molar-refractivity contribution in [1.82, 2.24) is 0 Å². The van der Waals surface area contributed by atoms with Gasteiger partial charge in [-0.1, -0.05) is 0 Å². The van der Waals surface area contributed by atoms with Gasteiger partial charge < -0.3 is 9.79 Å². The molecule has 0 fully saturated rings. The van der Waals surface area contributed by atoms with Gasteiger partial charge in [0.15, 0.2) is 0 Å². The SMILES string of the molecule is O=P(O)(O)OO.[CsH]. The van der Waals surface area contributed by atoms with Gasteiger partial charge in [-0.05, 0) is 0 Å². The molecule has 7 heteroatoms. The summed E-state index contributed by atoms with van der Waals surface area (Å²) in [5, 5.41) is 7.14. The van der Waals surface area contributed by atoms with E-state index in [1.54, 1.807) is 0 Å². The van der Waals surface area contributed by atoms with Crippen LogP contribution in [0.2, 0.25) is 0 Å².